The van der Waals surface area contributed by atoms with Crippen LogP contribution in [0.3, 0.4) is 0 Å². The molecule has 0 spiro atoms. The summed E-state index contributed by atoms with van der Waals surface area (Å²) in [6.45, 7) is 9.77. The summed E-state index contributed by atoms with van der Waals surface area (Å²) in [6, 6.07) is 0.445. The number of aliphatic hydroxyl groups is 1. The van der Waals surface area contributed by atoms with Gasteiger partial charge in [-0.05, 0) is 20.5 Å². The molecule has 1 aromatic rings. The molecule has 0 saturated carbocycles. The van der Waals surface area contributed by atoms with Gasteiger partial charge in [0.2, 0.25) is 0 Å². The highest BCUT2D eigenvalue weighted by molar-refractivity contribution is 7.09. The highest BCUT2D eigenvalue weighted by Crippen LogP contribution is 2.25. The molecule has 2 unspecified atom stereocenters. The van der Waals surface area contributed by atoms with E-state index in [2.05, 4.69) is 55.0 Å². The van der Waals surface area contributed by atoms with Crippen LogP contribution in [-0.2, 0) is 11.8 Å². The van der Waals surface area contributed by atoms with Gasteiger partial charge in [0.1, 0.15) is 0 Å². The summed E-state index contributed by atoms with van der Waals surface area (Å²) >= 11 is 1.67. The molecule has 0 radical (unpaired) electrons. The van der Waals surface area contributed by atoms with Crippen molar-refractivity contribution in [1.29, 1.82) is 0 Å². The highest BCUT2D eigenvalue weighted by Gasteiger charge is 2.25. The van der Waals surface area contributed by atoms with Crippen molar-refractivity contribution < 1.29 is 5.11 Å². The second-order valence-corrected chi connectivity index (χ2v) is 8.31. The van der Waals surface area contributed by atoms with Gasteiger partial charge in [-0.25, -0.2) is 4.98 Å². The van der Waals surface area contributed by atoms with Gasteiger partial charge >= 0.3 is 0 Å². The molecule has 0 aromatic carbocycles. The van der Waals surface area contributed by atoms with Gasteiger partial charge < -0.3 is 14.9 Å². The average Bonchev–Trinajstić information content (AvgIpc) is 2.82. The van der Waals surface area contributed by atoms with Crippen LogP contribution in [0.1, 0.15) is 37.9 Å². The van der Waals surface area contributed by atoms with Crippen molar-refractivity contribution >= 4 is 11.3 Å². The number of likely N-dealkylation sites (N-methyl/N-ethyl adjacent to an activating group) is 2. The fraction of sp³-hybridized carbons (Fsp3) is 0.812. The van der Waals surface area contributed by atoms with Crippen LogP contribution in [-0.4, -0.2) is 65.8 Å². The monoisotopic (exact) mass is 311 g/mol. The predicted octanol–water partition coefficient (Wildman–Crippen LogP) is 1.98. The minimum Gasteiger partial charge on any atom is -0.393 e. The van der Waals surface area contributed by atoms with Crippen molar-refractivity contribution in [2.75, 3.05) is 33.7 Å². The Morgan fingerprint density at radius 3 is 2.71 bits per heavy atom. The van der Waals surface area contributed by atoms with Crippen molar-refractivity contribution in [3.8, 4) is 0 Å². The van der Waals surface area contributed by atoms with Gasteiger partial charge in [0.05, 0.1) is 16.8 Å². The van der Waals surface area contributed by atoms with Gasteiger partial charge in [-0.15, -0.1) is 11.3 Å². The first-order valence-electron chi connectivity index (χ1n) is 7.77. The van der Waals surface area contributed by atoms with Crippen LogP contribution in [0.5, 0.6) is 0 Å². The Kier molecular flexibility index (Phi) is 5.41. The van der Waals surface area contributed by atoms with Crippen LogP contribution in [0.15, 0.2) is 5.38 Å². The summed E-state index contributed by atoms with van der Waals surface area (Å²) < 4.78 is 0. The quantitative estimate of drug-likeness (QED) is 0.923. The molecule has 2 atom stereocenters. The summed E-state index contributed by atoms with van der Waals surface area (Å²) in [7, 11) is 4.31. The van der Waals surface area contributed by atoms with E-state index in [0.29, 0.717) is 12.5 Å². The zero-order valence-corrected chi connectivity index (χ0v) is 14.8. The van der Waals surface area contributed by atoms with E-state index in [-0.39, 0.29) is 11.5 Å². The Morgan fingerprint density at radius 1 is 1.38 bits per heavy atom. The summed E-state index contributed by atoms with van der Waals surface area (Å²) in [5, 5.41) is 13.6. The molecular weight excluding hydrogens is 282 g/mol. The van der Waals surface area contributed by atoms with Crippen molar-refractivity contribution in [2.24, 2.45) is 0 Å². The van der Waals surface area contributed by atoms with E-state index < -0.39 is 0 Å². The zero-order valence-electron chi connectivity index (χ0n) is 14.0. The van der Waals surface area contributed by atoms with Crippen molar-refractivity contribution in [2.45, 2.75) is 51.2 Å². The third-order valence-electron chi connectivity index (χ3n) is 4.25. The number of aliphatic hydroxyl groups excluding tert-OH is 1. The van der Waals surface area contributed by atoms with E-state index >= 15 is 0 Å². The summed E-state index contributed by atoms with van der Waals surface area (Å²) in [6.07, 6.45) is 1.20. The summed E-state index contributed by atoms with van der Waals surface area (Å²) in [5.74, 6) is 0. The Labute approximate surface area is 132 Å². The predicted molar refractivity (Wildman–Crippen MR) is 89.1 cm³/mol. The van der Waals surface area contributed by atoms with Crippen LogP contribution in [0.25, 0.3) is 0 Å². The average molecular weight is 311 g/mol. The number of hydrogen-bond donors (Lipinski definition) is 1. The summed E-state index contributed by atoms with van der Waals surface area (Å²) in [5.41, 5.74) is 1.22. The molecule has 2 rings (SSSR count). The Bertz CT molecular complexity index is 455. The van der Waals surface area contributed by atoms with E-state index in [1.165, 1.54) is 0 Å². The molecule has 5 heteroatoms. The molecule has 1 aliphatic rings. The van der Waals surface area contributed by atoms with Crippen molar-refractivity contribution in [1.82, 2.24) is 14.8 Å². The van der Waals surface area contributed by atoms with Gasteiger partial charge in [-0.1, -0.05) is 20.8 Å². The van der Waals surface area contributed by atoms with Crippen LogP contribution in [0.2, 0.25) is 0 Å². The van der Waals surface area contributed by atoms with Gasteiger partial charge in [0.25, 0.3) is 0 Å². The molecular formula is C16H29N3OS. The van der Waals surface area contributed by atoms with Crippen LogP contribution in [0, 0.1) is 0 Å². The molecule has 2 heterocycles. The second-order valence-electron chi connectivity index (χ2n) is 7.37. The topological polar surface area (TPSA) is 39.6 Å². The van der Waals surface area contributed by atoms with Crippen LogP contribution in [0.4, 0.5) is 0 Å². The molecule has 1 saturated heterocycles. The Hall–Kier alpha value is -0.490. The van der Waals surface area contributed by atoms with Crippen molar-refractivity contribution in [3.05, 3.63) is 16.1 Å². The van der Waals surface area contributed by atoms with E-state index in [4.69, 9.17) is 0 Å². The lowest BCUT2D eigenvalue weighted by atomic mass is 9.93. The first-order valence-corrected chi connectivity index (χ1v) is 8.65. The standard InChI is InChI=1S/C16H29N3OS/c1-16(2,3)14-11-21-15(17-14)9-13(20)8-12-10-18(4)6-7-19(12)5/h11-13,20H,6-10H2,1-5H3. The smallest absolute Gasteiger partial charge is 0.0954 e. The molecule has 1 fully saturated rings. The molecule has 1 aliphatic heterocycles. The third-order valence-corrected chi connectivity index (χ3v) is 5.13. The maximum atomic E-state index is 10.4. The maximum absolute atomic E-state index is 10.4. The first-order chi connectivity index (χ1) is 9.75. The fourth-order valence-electron chi connectivity index (χ4n) is 2.70. The molecule has 0 amide bonds. The van der Waals surface area contributed by atoms with E-state index in [9.17, 15) is 5.11 Å². The molecule has 1 aromatic heterocycles. The number of piperazine rings is 1. The molecule has 120 valence electrons. The molecule has 21 heavy (non-hydrogen) atoms. The lowest BCUT2D eigenvalue weighted by molar-refractivity contribution is 0.0638. The number of rotatable bonds is 4. The fourth-order valence-corrected chi connectivity index (χ4v) is 3.80. The van der Waals surface area contributed by atoms with Gasteiger partial charge in [0.15, 0.2) is 0 Å². The number of aromatic nitrogens is 1. The van der Waals surface area contributed by atoms with E-state index in [1.54, 1.807) is 11.3 Å². The Balaban J connectivity index is 1.89. The minimum absolute atomic E-state index is 0.0893. The van der Waals surface area contributed by atoms with Crippen LogP contribution >= 0.6 is 11.3 Å². The molecule has 1 N–H and O–H groups in total. The van der Waals surface area contributed by atoms with Gasteiger partial charge in [0, 0.05) is 42.9 Å². The maximum Gasteiger partial charge on any atom is 0.0954 e. The normalized spacial score (nSPS) is 23.4. The summed E-state index contributed by atoms with van der Waals surface area (Å²) in [4.78, 5) is 9.40. The largest absolute Gasteiger partial charge is 0.393 e. The zero-order chi connectivity index (χ0) is 15.6. The number of nitrogens with zero attached hydrogens (tertiary/aromatic N) is 3. The van der Waals surface area contributed by atoms with Gasteiger partial charge in [-0.2, -0.15) is 0 Å². The lowest BCUT2D eigenvalue weighted by Gasteiger charge is -2.38. The number of hydrogen-bond acceptors (Lipinski definition) is 5. The molecule has 0 aliphatic carbocycles. The lowest BCUT2D eigenvalue weighted by Crippen LogP contribution is -2.51. The Morgan fingerprint density at radius 2 is 2.10 bits per heavy atom. The van der Waals surface area contributed by atoms with E-state index in [1.807, 2.05) is 0 Å². The SMILES string of the molecule is CN1CCN(C)C(CC(O)Cc2nc(C(C)(C)C)cs2)C1. The third kappa shape index (κ3) is 4.74. The molecule has 4 nitrogen and oxygen atoms in total. The van der Waals surface area contributed by atoms with E-state index in [0.717, 1.165) is 36.8 Å². The first kappa shape index (κ1) is 16.9. The highest BCUT2D eigenvalue weighted by atomic mass is 32.1. The van der Waals surface area contributed by atoms with Crippen LogP contribution < -0.4 is 0 Å². The second kappa shape index (κ2) is 6.73. The number of thiazole rings is 1. The molecule has 0 bridgehead atoms. The van der Waals surface area contributed by atoms with Crippen molar-refractivity contribution in [3.63, 3.8) is 0 Å². The van der Waals surface area contributed by atoms with Gasteiger partial charge in [-0.3, -0.25) is 0 Å². The minimum atomic E-state index is -0.303.